The Bertz CT molecular complexity index is 788. The topological polar surface area (TPSA) is 87.8 Å². The molecule has 0 radical (unpaired) electrons. The second kappa shape index (κ2) is 7.57. The lowest BCUT2D eigenvalue weighted by Crippen LogP contribution is -2.26. The predicted molar refractivity (Wildman–Crippen MR) is 95.6 cm³/mol. The Labute approximate surface area is 145 Å². The number of hydrogen-bond acceptors (Lipinski definition) is 3. The van der Waals surface area contributed by atoms with Gasteiger partial charge in [-0.2, -0.15) is 4.99 Å². The van der Waals surface area contributed by atoms with Crippen LogP contribution in [0.1, 0.15) is 18.4 Å². The molecule has 25 heavy (non-hydrogen) atoms. The summed E-state index contributed by atoms with van der Waals surface area (Å²) in [6, 6.07) is 15.3. The number of nitro benzene ring substituents is 1. The number of nitrogens with zero attached hydrogens (tertiary/aromatic N) is 3. The lowest BCUT2D eigenvalue weighted by Gasteiger charge is -2.18. The molecule has 1 aliphatic heterocycles. The molecule has 1 fully saturated rings. The minimum Gasteiger partial charge on any atom is -0.356 e. The molecule has 0 aliphatic carbocycles. The molecule has 2 aromatic rings. The lowest BCUT2D eigenvalue weighted by molar-refractivity contribution is -0.384. The molecule has 2 aromatic carbocycles. The van der Waals surface area contributed by atoms with E-state index in [1.54, 1.807) is 0 Å². The maximum Gasteiger partial charge on any atom is 0.347 e. The normalized spacial score (nSPS) is 15.4. The van der Waals surface area contributed by atoms with E-state index in [0.29, 0.717) is 5.69 Å². The Morgan fingerprint density at radius 1 is 1.16 bits per heavy atom. The van der Waals surface area contributed by atoms with E-state index in [-0.39, 0.29) is 5.69 Å². The molecule has 0 bridgehead atoms. The SMILES string of the molecule is O=C(/N=C1/CCCN1Cc1ccccc1)Nc1ccc([N+](=O)[O-])cc1. The van der Waals surface area contributed by atoms with Gasteiger partial charge in [-0.05, 0) is 24.1 Å². The van der Waals surface area contributed by atoms with Crippen LogP contribution in [-0.2, 0) is 6.54 Å². The van der Waals surface area contributed by atoms with Crippen LogP contribution in [0.5, 0.6) is 0 Å². The number of non-ortho nitro benzene ring substituents is 1. The van der Waals surface area contributed by atoms with Crippen LogP contribution in [0.2, 0.25) is 0 Å². The number of hydrogen-bond donors (Lipinski definition) is 1. The highest BCUT2D eigenvalue weighted by Crippen LogP contribution is 2.18. The number of aliphatic imine (C=N–C) groups is 1. The summed E-state index contributed by atoms with van der Waals surface area (Å²) in [5.74, 6) is 0.767. The summed E-state index contributed by atoms with van der Waals surface area (Å²) >= 11 is 0. The molecule has 1 N–H and O–H groups in total. The van der Waals surface area contributed by atoms with Crippen LogP contribution < -0.4 is 5.32 Å². The van der Waals surface area contributed by atoms with E-state index >= 15 is 0 Å². The number of amides is 2. The van der Waals surface area contributed by atoms with Crippen LogP contribution in [0.15, 0.2) is 59.6 Å². The Morgan fingerprint density at radius 2 is 1.88 bits per heavy atom. The second-order valence-corrected chi connectivity index (χ2v) is 5.77. The van der Waals surface area contributed by atoms with Gasteiger partial charge in [-0.25, -0.2) is 4.79 Å². The van der Waals surface area contributed by atoms with Crippen LogP contribution in [0.4, 0.5) is 16.2 Å². The molecule has 2 amide bonds. The van der Waals surface area contributed by atoms with Gasteiger partial charge in [0.25, 0.3) is 5.69 Å². The number of rotatable bonds is 4. The fraction of sp³-hybridized carbons (Fsp3) is 0.222. The zero-order valence-corrected chi connectivity index (χ0v) is 13.6. The first-order valence-electron chi connectivity index (χ1n) is 8.04. The van der Waals surface area contributed by atoms with Crippen LogP contribution in [-0.4, -0.2) is 28.2 Å². The van der Waals surface area contributed by atoms with Crippen molar-refractivity contribution in [1.82, 2.24) is 4.90 Å². The first-order chi connectivity index (χ1) is 12.1. The van der Waals surface area contributed by atoms with Gasteiger partial charge in [0.05, 0.1) is 4.92 Å². The molecule has 0 spiro atoms. The molecule has 1 heterocycles. The highest BCUT2D eigenvalue weighted by Gasteiger charge is 2.20. The van der Waals surface area contributed by atoms with E-state index in [2.05, 4.69) is 15.2 Å². The third kappa shape index (κ3) is 4.41. The summed E-state index contributed by atoms with van der Waals surface area (Å²) in [6.45, 7) is 1.60. The van der Waals surface area contributed by atoms with Crippen molar-refractivity contribution in [1.29, 1.82) is 0 Å². The van der Waals surface area contributed by atoms with Crippen molar-refractivity contribution in [2.75, 3.05) is 11.9 Å². The Balaban J connectivity index is 1.64. The van der Waals surface area contributed by atoms with E-state index in [1.807, 2.05) is 30.3 Å². The monoisotopic (exact) mass is 338 g/mol. The molecular formula is C18H18N4O3. The van der Waals surface area contributed by atoms with Crippen molar-refractivity contribution in [2.24, 2.45) is 4.99 Å². The fourth-order valence-corrected chi connectivity index (χ4v) is 2.75. The summed E-state index contributed by atoms with van der Waals surface area (Å²) in [4.78, 5) is 28.6. The average Bonchev–Trinajstić information content (AvgIpc) is 3.03. The lowest BCUT2D eigenvalue weighted by atomic mass is 10.2. The number of benzene rings is 2. The van der Waals surface area contributed by atoms with Crippen molar-refractivity contribution >= 4 is 23.2 Å². The third-order valence-corrected chi connectivity index (χ3v) is 3.97. The molecular weight excluding hydrogens is 320 g/mol. The first-order valence-corrected chi connectivity index (χ1v) is 8.04. The van der Waals surface area contributed by atoms with Crippen molar-refractivity contribution in [3.8, 4) is 0 Å². The first kappa shape index (κ1) is 16.6. The summed E-state index contributed by atoms with van der Waals surface area (Å²) < 4.78 is 0. The number of nitro groups is 1. The van der Waals surface area contributed by atoms with Crippen LogP contribution in [0.25, 0.3) is 0 Å². The predicted octanol–water partition coefficient (Wildman–Crippen LogP) is 3.82. The summed E-state index contributed by atoms with van der Waals surface area (Å²) in [5, 5.41) is 13.3. The van der Waals surface area contributed by atoms with Gasteiger partial charge in [-0.15, -0.1) is 0 Å². The van der Waals surface area contributed by atoms with Gasteiger partial charge in [0, 0.05) is 37.3 Å². The van der Waals surface area contributed by atoms with Gasteiger partial charge in [0.15, 0.2) is 0 Å². The summed E-state index contributed by atoms with van der Waals surface area (Å²) in [5.41, 5.74) is 1.63. The summed E-state index contributed by atoms with van der Waals surface area (Å²) in [6.07, 6.45) is 1.73. The minimum absolute atomic E-state index is 0.0193. The quantitative estimate of drug-likeness (QED) is 0.678. The molecule has 0 unspecified atom stereocenters. The summed E-state index contributed by atoms with van der Waals surface area (Å²) in [7, 11) is 0. The van der Waals surface area contributed by atoms with Gasteiger partial charge in [0.2, 0.25) is 0 Å². The smallest absolute Gasteiger partial charge is 0.347 e. The zero-order chi connectivity index (χ0) is 17.6. The van der Waals surface area contributed by atoms with Gasteiger partial charge in [-0.3, -0.25) is 10.1 Å². The number of likely N-dealkylation sites (tertiary alicyclic amines) is 1. The number of urea groups is 1. The van der Waals surface area contributed by atoms with Crippen LogP contribution in [0.3, 0.4) is 0 Å². The van der Waals surface area contributed by atoms with E-state index in [0.717, 1.165) is 31.8 Å². The Hall–Kier alpha value is -3.22. The third-order valence-electron chi connectivity index (χ3n) is 3.97. The van der Waals surface area contributed by atoms with Crippen molar-refractivity contribution in [3.63, 3.8) is 0 Å². The van der Waals surface area contributed by atoms with E-state index in [9.17, 15) is 14.9 Å². The molecule has 3 rings (SSSR count). The maximum absolute atomic E-state index is 12.1. The molecule has 0 saturated carbocycles. The van der Waals surface area contributed by atoms with Gasteiger partial charge in [0.1, 0.15) is 5.84 Å². The van der Waals surface area contributed by atoms with Gasteiger partial charge in [-0.1, -0.05) is 30.3 Å². The largest absolute Gasteiger partial charge is 0.356 e. The van der Waals surface area contributed by atoms with Crippen LogP contribution >= 0.6 is 0 Å². The van der Waals surface area contributed by atoms with Crippen LogP contribution in [0, 0.1) is 10.1 Å². The van der Waals surface area contributed by atoms with E-state index in [4.69, 9.17) is 0 Å². The molecule has 7 nitrogen and oxygen atoms in total. The van der Waals surface area contributed by atoms with Crippen molar-refractivity contribution in [2.45, 2.75) is 19.4 Å². The second-order valence-electron chi connectivity index (χ2n) is 5.77. The molecule has 1 saturated heterocycles. The minimum atomic E-state index is -0.480. The van der Waals surface area contributed by atoms with Gasteiger partial charge < -0.3 is 10.2 Å². The number of carbonyl (C=O) groups is 1. The number of anilines is 1. The van der Waals surface area contributed by atoms with E-state index in [1.165, 1.54) is 29.8 Å². The number of nitrogens with one attached hydrogen (secondary N) is 1. The molecule has 128 valence electrons. The highest BCUT2D eigenvalue weighted by atomic mass is 16.6. The molecule has 0 aromatic heterocycles. The molecule has 7 heteroatoms. The average molecular weight is 338 g/mol. The number of carbonyl (C=O) groups excluding carboxylic acids is 1. The maximum atomic E-state index is 12.1. The highest BCUT2D eigenvalue weighted by molar-refractivity contribution is 6.00. The Kier molecular flexibility index (Phi) is 5.03. The number of amidine groups is 1. The Morgan fingerprint density at radius 3 is 2.56 bits per heavy atom. The zero-order valence-electron chi connectivity index (χ0n) is 13.6. The van der Waals surface area contributed by atoms with Gasteiger partial charge >= 0.3 is 6.03 Å². The van der Waals surface area contributed by atoms with Crippen molar-refractivity contribution in [3.05, 3.63) is 70.3 Å². The molecule has 0 atom stereocenters. The van der Waals surface area contributed by atoms with E-state index < -0.39 is 11.0 Å². The van der Waals surface area contributed by atoms with Crippen molar-refractivity contribution < 1.29 is 9.72 Å². The standard InChI is InChI=1S/C18H18N4O3/c23-18(19-15-8-10-16(11-9-15)22(24)25)20-17-7-4-12-21(17)13-14-5-2-1-3-6-14/h1-3,5-6,8-11H,4,7,12-13H2,(H,19,23)/b20-17-. The molecule has 1 aliphatic rings. The fourth-order valence-electron chi connectivity index (χ4n) is 2.75.